The van der Waals surface area contributed by atoms with Crippen molar-refractivity contribution in [1.82, 2.24) is 0 Å². The molecule has 1 aromatic carbocycles. The smallest absolute Gasteiger partial charge is 0.0742 e. The van der Waals surface area contributed by atoms with Gasteiger partial charge in [0.15, 0.2) is 0 Å². The average Bonchev–Trinajstić information content (AvgIpc) is 2.29. The highest BCUT2D eigenvalue weighted by atomic mass is 16.3. The number of aliphatic hydroxyl groups is 1. The zero-order valence-electron chi connectivity index (χ0n) is 11.1. The van der Waals surface area contributed by atoms with Crippen molar-refractivity contribution in [2.45, 2.75) is 32.3 Å². The Bertz CT molecular complexity index is 350. The number of benzene rings is 1. The lowest BCUT2D eigenvalue weighted by molar-refractivity contribution is 0.0585. The fourth-order valence-electron chi connectivity index (χ4n) is 1.91. The molecule has 3 heteroatoms. The van der Waals surface area contributed by atoms with Gasteiger partial charge in [0, 0.05) is 25.8 Å². The van der Waals surface area contributed by atoms with Crippen molar-refractivity contribution in [2.75, 3.05) is 25.0 Å². The molecule has 1 unspecified atom stereocenters. The van der Waals surface area contributed by atoms with E-state index in [1.54, 1.807) is 6.92 Å². The van der Waals surface area contributed by atoms with Gasteiger partial charge in [0.2, 0.25) is 0 Å². The SMILES string of the molecule is Cc1ccccc1N(C)CCCC(C)(O)CN. The van der Waals surface area contributed by atoms with E-state index >= 15 is 0 Å². The van der Waals surface area contributed by atoms with Crippen LogP contribution in [0, 0.1) is 6.92 Å². The molecule has 1 aromatic rings. The van der Waals surface area contributed by atoms with Gasteiger partial charge >= 0.3 is 0 Å². The lowest BCUT2D eigenvalue weighted by Gasteiger charge is -2.25. The van der Waals surface area contributed by atoms with Crippen LogP contribution in [0.25, 0.3) is 0 Å². The molecule has 0 saturated heterocycles. The Labute approximate surface area is 104 Å². The highest BCUT2D eigenvalue weighted by molar-refractivity contribution is 5.52. The van der Waals surface area contributed by atoms with Gasteiger partial charge in [0.05, 0.1) is 5.60 Å². The first-order chi connectivity index (χ1) is 7.96. The van der Waals surface area contributed by atoms with Crippen molar-refractivity contribution < 1.29 is 5.11 Å². The van der Waals surface area contributed by atoms with E-state index in [1.165, 1.54) is 11.3 Å². The summed E-state index contributed by atoms with van der Waals surface area (Å²) in [5, 5.41) is 9.82. The predicted molar refractivity (Wildman–Crippen MR) is 73.4 cm³/mol. The number of para-hydroxylation sites is 1. The molecular formula is C14H24N2O. The fourth-order valence-corrected chi connectivity index (χ4v) is 1.91. The van der Waals surface area contributed by atoms with E-state index in [9.17, 15) is 5.11 Å². The molecule has 0 bridgehead atoms. The van der Waals surface area contributed by atoms with Crippen molar-refractivity contribution in [1.29, 1.82) is 0 Å². The molecule has 1 atom stereocenters. The zero-order valence-corrected chi connectivity index (χ0v) is 11.1. The van der Waals surface area contributed by atoms with Crippen LogP contribution in [0.4, 0.5) is 5.69 Å². The Balaban J connectivity index is 2.46. The summed E-state index contributed by atoms with van der Waals surface area (Å²) < 4.78 is 0. The van der Waals surface area contributed by atoms with Gasteiger partial charge in [-0.15, -0.1) is 0 Å². The third-order valence-corrected chi connectivity index (χ3v) is 3.18. The van der Waals surface area contributed by atoms with Crippen molar-refractivity contribution in [3.05, 3.63) is 29.8 Å². The summed E-state index contributed by atoms with van der Waals surface area (Å²) in [6, 6.07) is 8.33. The van der Waals surface area contributed by atoms with Crippen LogP contribution in [0.15, 0.2) is 24.3 Å². The molecule has 0 radical (unpaired) electrons. The summed E-state index contributed by atoms with van der Waals surface area (Å²) in [5.74, 6) is 0. The molecule has 0 heterocycles. The normalized spacial score (nSPS) is 14.4. The monoisotopic (exact) mass is 236 g/mol. The van der Waals surface area contributed by atoms with Crippen molar-refractivity contribution in [3.8, 4) is 0 Å². The fraction of sp³-hybridized carbons (Fsp3) is 0.571. The van der Waals surface area contributed by atoms with Crippen molar-refractivity contribution in [3.63, 3.8) is 0 Å². The largest absolute Gasteiger partial charge is 0.389 e. The summed E-state index contributed by atoms with van der Waals surface area (Å²) in [7, 11) is 2.08. The number of aryl methyl sites for hydroxylation is 1. The van der Waals surface area contributed by atoms with E-state index < -0.39 is 5.60 Å². The number of nitrogens with zero attached hydrogens (tertiary/aromatic N) is 1. The van der Waals surface area contributed by atoms with Gasteiger partial charge in [0.1, 0.15) is 0 Å². The molecule has 0 aliphatic heterocycles. The minimum Gasteiger partial charge on any atom is -0.389 e. The van der Waals surface area contributed by atoms with Crippen LogP contribution < -0.4 is 10.6 Å². The third-order valence-electron chi connectivity index (χ3n) is 3.18. The van der Waals surface area contributed by atoms with E-state index in [-0.39, 0.29) is 0 Å². The highest BCUT2D eigenvalue weighted by Crippen LogP contribution is 2.19. The second-order valence-electron chi connectivity index (χ2n) is 5.01. The summed E-state index contributed by atoms with van der Waals surface area (Å²) in [5.41, 5.74) is 7.29. The maximum absolute atomic E-state index is 9.82. The lowest BCUT2D eigenvalue weighted by Crippen LogP contribution is -2.35. The van der Waals surface area contributed by atoms with E-state index in [4.69, 9.17) is 5.73 Å². The van der Waals surface area contributed by atoms with E-state index in [2.05, 4.69) is 37.1 Å². The number of hydrogen-bond donors (Lipinski definition) is 2. The Hall–Kier alpha value is -1.06. The Morgan fingerprint density at radius 3 is 2.59 bits per heavy atom. The van der Waals surface area contributed by atoms with Crippen LogP contribution in [0.1, 0.15) is 25.3 Å². The number of anilines is 1. The molecule has 0 fully saturated rings. The van der Waals surface area contributed by atoms with Crippen LogP contribution in [0.2, 0.25) is 0 Å². The maximum atomic E-state index is 9.82. The topological polar surface area (TPSA) is 49.5 Å². The molecule has 3 N–H and O–H groups in total. The molecule has 3 nitrogen and oxygen atoms in total. The van der Waals surface area contributed by atoms with Gasteiger partial charge in [-0.3, -0.25) is 0 Å². The Morgan fingerprint density at radius 2 is 2.00 bits per heavy atom. The maximum Gasteiger partial charge on any atom is 0.0742 e. The molecule has 17 heavy (non-hydrogen) atoms. The molecule has 0 saturated carbocycles. The van der Waals surface area contributed by atoms with E-state index in [0.717, 1.165) is 19.4 Å². The van der Waals surface area contributed by atoms with Gasteiger partial charge in [-0.1, -0.05) is 18.2 Å². The quantitative estimate of drug-likeness (QED) is 0.793. The average molecular weight is 236 g/mol. The second-order valence-corrected chi connectivity index (χ2v) is 5.01. The van der Waals surface area contributed by atoms with Crippen molar-refractivity contribution in [2.24, 2.45) is 5.73 Å². The van der Waals surface area contributed by atoms with E-state index in [1.807, 2.05) is 6.07 Å². The molecule has 1 rings (SSSR count). The lowest BCUT2D eigenvalue weighted by atomic mass is 10.0. The van der Waals surface area contributed by atoms with Crippen LogP contribution in [-0.4, -0.2) is 30.8 Å². The number of rotatable bonds is 6. The minimum atomic E-state index is -0.730. The molecule has 0 spiro atoms. The molecule has 0 aromatic heterocycles. The summed E-state index contributed by atoms with van der Waals surface area (Å²) in [6.45, 7) is 5.16. The number of hydrogen-bond acceptors (Lipinski definition) is 3. The Morgan fingerprint density at radius 1 is 1.35 bits per heavy atom. The van der Waals surface area contributed by atoms with Gasteiger partial charge in [-0.25, -0.2) is 0 Å². The summed E-state index contributed by atoms with van der Waals surface area (Å²) in [6.07, 6.45) is 1.68. The van der Waals surface area contributed by atoms with Crippen LogP contribution >= 0.6 is 0 Å². The van der Waals surface area contributed by atoms with Crippen molar-refractivity contribution >= 4 is 5.69 Å². The summed E-state index contributed by atoms with van der Waals surface area (Å²) in [4.78, 5) is 2.22. The standard InChI is InChI=1S/C14H24N2O/c1-12-7-4-5-8-13(12)16(3)10-6-9-14(2,17)11-15/h4-5,7-8,17H,6,9-11,15H2,1-3H3. The predicted octanol–water partition coefficient (Wildman–Crippen LogP) is 1.92. The third kappa shape index (κ3) is 4.36. The van der Waals surface area contributed by atoms with Gasteiger partial charge in [0.25, 0.3) is 0 Å². The van der Waals surface area contributed by atoms with E-state index in [0.29, 0.717) is 6.54 Å². The molecule has 0 aliphatic rings. The first-order valence-electron chi connectivity index (χ1n) is 6.15. The van der Waals surface area contributed by atoms with Gasteiger partial charge in [-0.2, -0.15) is 0 Å². The van der Waals surface area contributed by atoms with Crippen LogP contribution in [-0.2, 0) is 0 Å². The number of nitrogens with two attached hydrogens (primary N) is 1. The Kier molecular flexibility index (Phi) is 4.97. The molecule has 0 aliphatic carbocycles. The second kappa shape index (κ2) is 6.03. The highest BCUT2D eigenvalue weighted by Gasteiger charge is 2.17. The van der Waals surface area contributed by atoms with Crippen LogP contribution in [0.5, 0.6) is 0 Å². The summed E-state index contributed by atoms with van der Waals surface area (Å²) >= 11 is 0. The first kappa shape index (κ1) is 14.0. The minimum absolute atomic E-state index is 0.321. The first-order valence-corrected chi connectivity index (χ1v) is 6.15. The zero-order chi connectivity index (χ0) is 12.9. The molecule has 96 valence electrons. The van der Waals surface area contributed by atoms with Crippen LogP contribution in [0.3, 0.4) is 0 Å². The molecule has 0 amide bonds. The van der Waals surface area contributed by atoms with Gasteiger partial charge < -0.3 is 15.7 Å². The molecular weight excluding hydrogens is 212 g/mol. The van der Waals surface area contributed by atoms with Gasteiger partial charge in [-0.05, 0) is 38.3 Å².